The van der Waals surface area contributed by atoms with Gasteiger partial charge in [0.1, 0.15) is 12.2 Å². The molecule has 3 unspecified atom stereocenters. The molecule has 0 saturated carbocycles. The topological polar surface area (TPSA) is 85.4 Å². The number of hydrogen-bond donors (Lipinski definition) is 2. The highest BCUT2D eigenvalue weighted by atomic mass is 16.3. The van der Waals surface area contributed by atoms with Gasteiger partial charge in [0.2, 0.25) is 5.91 Å². The number of nitrogens with one attached hydrogen (secondary N) is 1. The van der Waals surface area contributed by atoms with Crippen molar-refractivity contribution in [3.05, 3.63) is 89.5 Å². The number of aliphatic hydroxyl groups is 1. The quantitative estimate of drug-likeness (QED) is 0.461. The lowest BCUT2D eigenvalue weighted by molar-refractivity contribution is -0.123. The number of fused-ring (bicyclic) bond motifs is 1. The van der Waals surface area contributed by atoms with Gasteiger partial charge in [-0.25, -0.2) is 4.98 Å². The Morgan fingerprint density at radius 3 is 2.53 bits per heavy atom. The number of rotatable bonds is 4. The van der Waals surface area contributed by atoms with Gasteiger partial charge in [-0.2, -0.15) is 5.10 Å². The van der Waals surface area contributed by atoms with Crippen LogP contribution in [-0.4, -0.2) is 50.2 Å². The summed E-state index contributed by atoms with van der Waals surface area (Å²) in [6.07, 6.45) is 3.20. The minimum atomic E-state index is -0.674. The summed E-state index contributed by atoms with van der Waals surface area (Å²) in [4.78, 5) is 22.7. The van der Waals surface area contributed by atoms with Crippen molar-refractivity contribution in [1.82, 2.24) is 20.1 Å². The van der Waals surface area contributed by atoms with E-state index in [-0.39, 0.29) is 18.0 Å². The number of likely N-dealkylation sites (tertiary alicyclic amines) is 1. The van der Waals surface area contributed by atoms with Crippen LogP contribution in [0.3, 0.4) is 0 Å². The maximum absolute atomic E-state index is 14.0. The number of amides is 1. The number of aliphatic hydroxyl groups excluding tert-OH is 1. The number of nitrogens with zero attached hydrogens (tertiary/aromatic N) is 4. The molecule has 3 aliphatic rings. The molecule has 1 saturated heterocycles. The SMILES string of the molecule is CC1(Cc2ncn[nH]2)C(=O)N(C2CCN(C3c4cccc5cccc(c45)C3O)CC2)c2ccccc21. The molecule has 0 spiro atoms. The number of para-hydroxylation sites is 1. The molecule has 3 atom stereocenters. The number of aromatic nitrogens is 3. The summed E-state index contributed by atoms with van der Waals surface area (Å²) in [7, 11) is 0. The van der Waals surface area contributed by atoms with E-state index in [0.29, 0.717) is 6.42 Å². The van der Waals surface area contributed by atoms with Crippen LogP contribution in [-0.2, 0) is 16.6 Å². The first-order valence-corrected chi connectivity index (χ1v) is 12.8. The normalized spacial score (nSPS) is 26.2. The Labute approximate surface area is 209 Å². The van der Waals surface area contributed by atoms with Crippen molar-refractivity contribution in [2.45, 2.75) is 49.8 Å². The van der Waals surface area contributed by atoms with Crippen molar-refractivity contribution in [2.24, 2.45) is 0 Å². The predicted molar refractivity (Wildman–Crippen MR) is 138 cm³/mol. The number of anilines is 1. The van der Waals surface area contributed by atoms with Gasteiger partial charge in [-0.05, 0) is 53.3 Å². The van der Waals surface area contributed by atoms with Crippen molar-refractivity contribution >= 4 is 22.4 Å². The van der Waals surface area contributed by atoms with E-state index in [2.05, 4.69) is 62.5 Å². The van der Waals surface area contributed by atoms with E-state index in [1.165, 1.54) is 22.7 Å². The predicted octanol–water partition coefficient (Wildman–Crippen LogP) is 4.06. The van der Waals surface area contributed by atoms with Crippen LogP contribution in [0.2, 0.25) is 0 Å². The average Bonchev–Trinajstić information content (AvgIpc) is 3.57. The molecule has 2 aliphatic heterocycles. The first-order valence-electron chi connectivity index (χ1n) is 12.8. The molecule has 36 heavy (non-hydrogen) atoms. The molecule has 7 rings (SSSR count). The number of carbonyl (C=O) groups excluding carboxylic acids is 1. The van der Waals surface area contributed by atoms with E-state index in [1.54, 1.807) is 0 Å². The zero-order valence-corrected chi connectivity index (χ0v) is 20.3. The van der Waals surface area contributed by atoms with Crippen LogP contribution in [0.5, 0.6) is 0 Å². The second-order valence-corrected chi connectivity index (χ2v) is 10.6. The Hall–Kier alpha value is -3.55. The molecule has 1 fully saturated rings. The lowest BCUT2D eigenvalue weighted by Crippen LogP contribution is -2.50. The number of H-pyrrole nitrogens is 1. The number of carbonyl (C=O) groups is 1. The second kappa shape index (κ2) is 7.98. The summed E-state index contributed by atoms with van der Waals surface area (Å²) in [5.74, 6) is 0.859. The Morgan fingerprint density at radius 1 is 1.03 bits per heavy atom. The van der Waals surface area contributed by atoms with Crippen molar-refractivity contribution in [2.75, 3.05) is 18.0 Å². The maximum atomic E-state index is 14.0. The maximum Gasteiger partial charge on any atom is 0.238 e. The molecule has 182 valence electrons. The van der Waals surface area contributed by atoms with Crippen LogP contribution >= 0.6 is 0 Å². The van der Waals surface area contributed by atoms with Gasteiger partial charge in [-0.1, -0.05) is 54.6 Å². The number of benzene rings is 3. The van der Waals surface area contributed by atoms with Gasteiger partial charge in [0.05, 0.1) is 17.6 Å². The molecular formula is C29H29N5O2. The average molecular weight is 480 g/mol. The van der Waals surface area contributed by atoms with Crippen molar-refractivity contribution in [1.29, 1.82) is 0 Å². The molecular weight excluding hydrogens is 450 g/mol. The second-order valence-electron chi connectivity index (χ2n) is 10.6. The van der Waals surface area contributed by atoms with Crippen LogP contribution in [0.15, 0.2) is 67.0 Å². The highest BCUT2D eigenvalue weighted by molar-refractivity contribution is 6.08. The molecule has 3 aromatic carbocycles. The Bertz CT molecular complexity index is 1450. The molecule has 1 amide bonds. The summed E-state index contributed by atoms with van der Waals surface area (Å²) in [6.45, 7) is 3.70. The molecule has 7 nitrogen and oxygen atoms in total. The number of piperidine rings is 1. The number of aromatic amines is 1. The minimum Gasteiger partial charge on any atom is -0.386 e. The summed E-state index contributed by atoms with van der Waals surface area (Å²) in [5.41, 5.74) is 3.65. The van der Waals surface area contributed by atoms with E-state index in [0.717, 1.165) is 48.6 Å². The van der Waals surface area contributed by atoms with Gasteiger partial charge in [0, 0.05) is 31.2 Å². The minimum absolute atomic E-state index is 0.0367. The first-order chi connectivity index (χ1) is 17.6. The summed E-state index contributed by atoms with van der Waals surface area (Å²) >= 11 is 0. The summed E-state index contributed by atoms with van der Waals surface area (Å²) in [6, 6.07) is 20.8. The van der Waals surface area contributed by atoms with Crippen molar-refractivity contribution in [3.63, 3.8) is 0 Å². The summed E-state index contributed by atoms with van der Waals surface area (Å²) in [5, 5.41) is 20.6. The highest BCUT2D eigenvalue weighted by Crippen LogP contribution is 2.49. The molecule has 1 aliphatic carbocycles. The molecule has 2 N–H and O–H groups in total. The van der Waals surface area contributed by atoms with Gasteiger partial charge in [0.15, 0.2) is 0 Å². The Kier molecular flexibility index (Phi) is 4.81. The summed E-state index contributed by atoms with van der Waals surface area (Å²) < 4.78 is 0. The fraction of sp³-hybridized carbons (Fsp3) is 0.345. The van der Waals surface area contributed by atoms with E-state index < -0.39 is 11.5 Å². The van der Waals surface area contributed by atoms with Gasteiger partial charge < -0.3 is 10.0 Å². The smallest absolute Gasteiger partial charge is 0.238 e. The van der Waals surface area contributed by atoms with E-state index >= 15 is 0 Å². The van der Waals surface area contributed by atoms with Gasteiger partial charge in [0.25, 0.3) is 0 Å². The van der Waals surface area contributed by atoms with Crippen LogP contribution in [0, 0.1) is 0 Å². The standard InChI is InChI=1S/C29H29N5O2/c1-29(16-24-30-17-31-32-24)22-10-2-3-11-23(22)34(28(29)36)19-12-14-33(15-13-19)26-20-8-4-6-18-7-5-9-21(25(18)20)27(26)35/h2-11,17,19,26-27,35H,12-16H2,1H3,(H,30,31,32). The zero-order valence-electron chi connectivity index (χ0n) is 20.3. The third kappa shape index (κ3) is 3.02. The van der Waals surface area contributed by atoms with E-state index in [9.17, 15) is 9.90 Å². The van der Waals surface area contributed by atoms with Crippen LogP contribution in [0.4, 0.5) is 5.69 Å². The van der Waals surface area contributed by atoms with Crippen LogP contribution in [0.1, 0.15) is 54.4 Å². The van der Waals surface area contributed by atoms with E-state index in [1.807, 2.05) is 30.0 Å². The van der Waals surface area contributed by atoms with Crippen LogP contribution < -0.4 is 4.90 Å². The molecule has 0 radical (unpaired) electrons. The van der Waals surface area contributed by atoms with Crippen molar-refractivity contribution < 1.29 is 9.90 Å². The van der Waals surface area contributed by atoms with Gasteiger partial charge in [-0.15, -0.1) is 0 Å². The zero-order chi connectivity index (χ0) is 24.4. The Balaban J connectivity index is 1.15. The molecule has 3 heterocycles. The lowest BCUT2D eigenvalue weighted by atomic mass is 9.80. The highest BCUT2D eigenvalue weighted by Gasteiger charge is 2.50. The fourth-order valence-electron chi connectivity index (χ4n) is 6.88. The third-order valence-corrected chi connectivity index (χ3v) is 8.60. The largest absolute Gasteiger partial charge is 0.386 e. The molecule has 0 bridgehead atoms. The van der Waals surface area contributed by atoms with Crippen LogP contribution in [0.25, 0.3) is 10.8 Å². The van der Waals surface area contributed by atoms with Gasteiger partial charge in [-0.3, -0.25) is 14.8 Å². The molecule has 7 heteroatoms. The molecule has 4 aromatic rings. The van der Waals surface area contributed by atoms with Crippen molar-refractivity contribution in [3.8, 4) is 0 Å². The third-order valence-electron chi connectivity index (χ3n) is 8.60. The lowest BCUT2D eigenvalue weighted by Gasteiger charge is -2.41. The Morgan fingerprint density at radius 2 is 1.78 bits per heavy atom. The fourth-order valence-corrected chi connectivity index (χ4v) is 6.88. The van der Waals surface area contributed by atoms with Gasteiger partial charge >= 0.3 is 0 Å². The monoisotopic (exact) mass is 479 g/mol. The van der Waals surface area contributed by atoms with E-state index in [4.69, 9.17) is 0 Å². The number of hydrogen-bond acceptors (Lipinski definition) is 5. The first kappa shape index (κ1) is 21.7. The molecule has 1 aromatic heterocycles.